The van der Waals surface area contributed by atoms with Crippen LogP contribution in [0.25, 0.3) is 0 Å². The molecule has 180 valence electrons. The number of hydrogen-bond donors (Lipinski definition) is 1. The number of amides is 2. The van der Waals surface area contributed by atoms with E-state index in [0.717, 1.165) is 31.2 Å². The molecule has 0 spiro atoms. The van der Waals surface area contributed by atoms with E-state index in [1.807, 2.05) is 18.2 Å². The maximum absolute atomic E-state index is 13.7. The van der Waals surface area contributed by atoms with E-state index in [0.29, 0.717) is 37.5 Å². The van der Waals surface area contributed by atoms with Crippen molar-refractivity contribution >= 4 is 39.9 Å². The van der Waals surface area contributed by atoms with Gasteiger partial charge in [0.1, 0.15) is 0 Å². The lowest BCUT2D eigenvalue weighted by Gasteiger charge is -2.27. The highest BCUT2D eigenvalue weighted by atomic mass is 35.5. The molecule has 1 aliphatic carbocycles. The summed E-state index contributed by atoms with van der Waals surface area (Å²) in [5.41, 5.74) is 2.17. The van der Waals surface area contributed by atoms with E-state index < -0.39 is 10.8 Å². The van der Waals surface area contributed by atoms with Crippen LogP contribution in [0.15, 0.2) is 76.5 Å². The third kappa shape index (κ3) is 4.91. The Labute approximate surface area is 212 Å². The van der Waals surface area contributed by atoms with Crippen LogP contribution < -0.4 is 10.2 Å². The number of halogens is 1. The standard InChI is InChI=1S/C28H27ClN2O3S/c1-18-9-12-22(13-10-18)30-27(32)20-11-14-26-24(16-20)31(17-19-5-4-6-21(29)15-19)28(33)23-7-2-3-8-25(23)35(26)34/h2-8,11,14-16,18,22H,9-10,12-13,17H2,1H3,(H,30,32)/t18?,22?,35-/m0/s1. The van der Waals surface area contributed by atoms with Crippen LogP contribution >= 0.6 is 11.6 Å². The van der Waals surface area contributed by atoms with Gasteiger partial charge >= 0.3 is 0 Å². The molecule has 35 heavy (non-hydrogen) atoms. The number of fused-ring (bicyclic) bond motifs is 2. The zero-order valence-corrected chi connectivity index (χ0v) is 21.1. The molecule has 1 heterocycles. The predicted molar refractivity (Wildman–Crippen MR) is 138 cm³/mol. The van der Waals surface area contributed by atoms with Gasteiger partial charge in [-0.3, -0.25) is 9.59 Å². The molecule has 3 aromatic rings. The molecule has 1 N–H and O–H groups in total. The van der Waals surface area contributed by atoms with E-state index in [9.17, 15) is 13.8 Å². The third-order valence-corrected chi connectivity index (χ3v) is 8.59. The highest BCUT2D eigenvalue weighted by molar-refractivity contribution is 7.85. The average molecular weight is 507 g/mol. The molecule has 1 aliphatic heterocycles. The summed E-state index contributed by atoms with van der Waals surface area (Å²) in [7, 11) is -1.56. The number of nitrogens with one attached hydrogen (secondary N) is 1. The predicted octanol–water partition coefficient (Wildman–Crippen LogP) is 5.98. The Kier molecular flexibility index (Phi) is 6.76. The number of hydrogen-bond acceptors (Lipinski definition) is 3. The van der Waals surface area contributed by atoms with Crippen LogP contribution in [0.1, 0.15) is 58.9 Å². The van der Waals surface area contributed by atoms with Crippen molar-refractivity contribution in [3.05, 3.63) is 88.4 Å². The second-order valence-electron chi connectivity index (χ2n) is 9.40. The molecule has 0 radical (unpaired) electrons. The highest BCUT2D eigenvalue weighted by Crippen LogP contribution is 2.36. The van der Waals surface area contributed by atoms with Crippen LogP contribution in [-0.2, 0) is 17.3 Å². The summed E-state index contributed by atoms with van der Waals surface area (Å²) in [6.07, 6.45) is 4.15. The van der Waals surface area contributed by atoms with Gasteiger partial charge in [-0.2, -0.15) is 0 Å². The molecule has 5 nitrogen and oxygen atoms in total. The van der Waals surface area contributed by atoms with E-state index in [4.69, 9.17) is 11.6 Å². The molecule has 0 unspecified atom stereocenters. The molecule has 1 fully saturated rings. The molecule has 7 heteroatoms. The fraction of sp³-hybridized carbons (Fsp3) is 0.286. The Bertz CT molecular complexity index is 1320. The summed E-state index contributed by atoms with van der Waals surface area (Å²) in [5.74, 6) is 0.264. The van der Waals surface area contributed by atoms with Crippen molar-refractivity contribution in [2.24, 2.45) is 5.92 Å². The highest BCUT2D eigenvalue weighted by Gasteiger charge is 2.32. The Hall–Kier alpha value is -2.96. The van der Waals surface area contributed by atoms with Crippen molar-refractivity contribution in [2.45, 2.75) is 55.0 Å². The summed E-state index contributed by atoms with van der Waals surface area (Å²) in [6.45, 7) is 2.48. The number of carbonyl (C=O) groups excluding carboxylic acids is 2. The van der Waals surface area contributed by atoms with Crippen LogP contribution in [-0.4, -0.2) is 22.1 Å². The monoisotopic (exact) mass is 506 g/mol. The lowest BCUT2D eigenvalue weighted by atomic mass is 9.87. The lowest BCUT2D eigenvalue weighted by molar-refractivity contribution is 0.0921. The molecule has 0 bridgehead atoms. The zero-order chi connectivity index (χ0) is 24.5. The van der Waals surface area contributed by atoms with Crippen molar-refractivity contribution in [3.63, 3.8) is 0 Å². The van der Waals surface area contributed by atoms with Gasteiger partial charge in [0.05, 0.1) is 38.4 Å². The normalized spacial score (nSPS) is 21.6. The van der Waals surface area contributed by atoms with E-state index in [1.54, 1.807) is 53.4 Å². The van der Waals surface area contributed by atoms with Gasteiger partial charge < -0.3 is 10.2 Å². The van der Waals surface area contributed by atoms with E-state index >= 15 is 0 Å². The smallest absolute Gasteiger partial charge is 0.259 e. The van der Waals surface area contributed by atoms with Gasteiger partial charge in [-0.05, 0) is 79.6 Å². The zero-order valence-electron chi connectivity index (χ0n) is 19.5. The van der Waals surface area contributed by atoms with Crippen molar-refractivity contribution in [2.75, 3.05) is 4.90 Å². The van der Waals surface area contributed by atoms with Gasteiger partial charge in [0.15, 0.2) is 0 Å². The average Bonchev–Trinajstić information content (AvgIpc) is 2.95. The molecule has 2 amide bonds. The maximum atomic E-state index is 13.7. The van der Waals surface area contributed by atoms with Gasteiger partial charge in [-0.15, -0.1) is 0 Å². The second-order valence-corrected chi connectivity index (χ2v) is 11.3. The molecule has 1 atom stereocenters. The Morgan fingerprint density at radius 1 is 1.00 bits per heavy atom. The number of carbonyl (C=O) groups is 2. The molecule has 2 aliphatic rings. The minimum Gasteiger partial charge on any atom is -0.349 e. The maximum Gasteiger partial charge on any atom is 0.259 e. The number of rotatable bonds is 4. The van der Waals surface area contributed by atoms with Gasteiger partial charge in [-0.25, -0.2) is 4.21 Å². The van der Waals surface area contributed by atoms with E-state index in [-0.39, 0.29) is 24.4 Å². The summed E-state index contributed by atoms with van der Waals surface area (Å²) < 4.78 is 13.6. The molecule has 5 rings (SSSR count). The minimum absolute atomic E-state index is 0.153. The van der Waals surface area contributed by atoms with Crippen molar-refractivity contribution < 1.29 is 13.8 Å². The fourth-order valence-corrected chi connectivity index (χ4v) is 6.41. The first-order valence-electron chi connectivity index (χ1n) is 11.9. The first kappa shape index (κ1) is 23.8. The Balaban J connectivity index is 1.54. The van der Waals surface area contributed by atoms with Crippen molar-refractivity contribution in [1.82, 2.24) is 5.32 Å². The molecule has 0 saturated heterocycles. The Morgan fingerprint density at radius 2 is 1.77 bits per heavy atom. The van der Waals surface area contributed by atoms with Crippen molar-refractivity contribution in [3.8, 4) is 0 Å². The van der Waals surface area contributed by atoms with Crippen LogP contribution in [0, 0.1) is 5.92 Å². The van der Waals surface area contributed by atoms with Crippen LogP contribution in [0.3, 0.4) is 0 Å². The SMILES string of the molecule is CC1CCC(NC(=O)c2ccc3c(c2)N(Cc2cccc(Cl)c2)C(=O)c2ccccc2[S@@]3=O)CC1. The van der Waals surface area contributed by atoms with Crippen molar-refractivity contribution in [1.29, 1.82) is 0 Å². The fourth-order valence-electron chi connectivity index (χ4n) is 4.85. The lowest BCUT2D eigenvalue weighted by Crippen LogP contribution is -2.37. The Morgan fingerprint density at radius 3 is 2.54 bits per heavy atom. The molecule has 3 aromatic carbocycles. The number of anilines is 1. The number of benzene rings is 3. The summed E-state index contributed by atoms with van der Waals surface area (Å²) in [6, 6.07) is 19.6. The summed E-state index contributed by atoms with van der Waals surface area (Å²) in [4.78, 5) is 29.5. The van der Waals surface area contributed by atoms with Crippen LogP contribution in [0.5, 0.6) is 0 Å². The first-order chi connectivity index (χ1) is 16.9. The molecular weight excluding hydrogens is 480 g/mol. The second kappa shape index (κ2) is 9.96. The van der Waals surface area contributed by atoms with E-state index in [2.05, 4.69) is 12.2 Å². The van der Waals surface area contributed by atoms with Gasteiger partial charge in [0.25, 0.3) is 11.8 Å². The van der Waals surface area contributed by atoms with Gasteiger partial charge in [-0.1, -0.05) is 42.8 Å². The quantitative estimate of drug-likeness (QED) is 0.473. The van der Waals surface area contributed by atoms with E-state index in [1.165, 1.54) is 0 Å². The molecule has 0 aromatic heterocycles. The minimum atomic E-state index is -1.56. The third-order valence-electron chi connectivity index (χ3n) is 6.85. The summed E-state index contributed by atoms with van der Waals surface area (Å²) in [5, 5.41) is 3.73. The largest absolute Gasteiger partial charge is 0.349 e. The van der Waals surface area contributed by atoms with Gasteiger partial charge in [0, 0.05) is 16.6 Å². The topological polar surface area (TPSA) is 66.5 Å². The van der Waals surface area contributed by atoms with Gasteiger partial charge in [0.2, 0.25) is 0 Å². The summed E-state index contributed by atoms with van der Waals surface area (Å²) >= 11 is 6.20. The van der Waals surface area contributed by atoms with Crippen LogP contribution in [0.2, 0.25) is 5.02 Å². The first-order valence-corrected chi connectivity index (χ1v) is 13.5. The van der Waals surface area contributed by atoms with Crippen LogP contribution in [0.4, 0.5) is 5.69 Å². The molecule has 1 saturated carbocycles. The molecular formula is C28H27ClN2O3S. The number of nitrogens with zero attached hydrogens (tertiary/aromatic N) is 1.